The molecule has 0 aliphatic heterocycles. The molecule has 0 heterocycles. The molecule has 3 unspecified atom stereocenters. The number of amides is 1. The van der Waals surface area contributed by atoms with Gasteiger partial charge in [-0.05, 0) is 44.9 Å². The molecule has 0 rings (SSSR count). The van der Waals surface area contributed by atoms with E-state index in [9.17, 15) is 20.1 Å². The minimum Gasteiger partial charge on any atom is -0.394 e. The van der Waals surface area contributed by atoms with Gasteiger partial charge in [-0.15, -0.1) is 0 Å². The topological polar surface area (TPSA) is 89.8 Å². The van der Waals surface area contributed by atoms with Crippen molar-refractivity contribution in [2.75, 3.05) is 6.61 Å². The second-order valence-corrected chi connectivity index (χ2v) is 13.5. The van der Waals surface area contributed by atoms with E-state index in [4.69, 9.17) is 0 Å². The normalized spacial score (nSPS) is 14.0. The van der Waals surface area contributed by atoms with E-state index in [0.29, 0.717) is 6.42 Å². The van der Waals surface area contributed by atoms with Crippen LogP contribution < -0.4 is 5.32 Å². The number of carbonyl (C=O) groups is 1. The van der Waals surface area contributed by atoms with Crippen LogP contribution >= 0.6 is 0 Å². The summed E-state index contributed by atoms with van der Waals surface area (Å²) in [6, 6.07) is -0.798. The van der Waals surface area contributed by atoms with Gasteiger partial charge in [-0.2, -0.15) is 0 Å². The van der Waals surface area contributed by atoms with E-state index in [2.05, 4.69) is 31.3 Å². The molecule has 0 bridgehead atoms. The zero-order valence-electron chi connectivity index (χ0n) is 30.0. The maximum Gasteiger partial charge on any atom is 0.249 e. The van der Waals surface area contributed by atoms with Crippen molar-refractivity contribution in [3.05, 3.63) is 24.3 Å². The molecule has 4 N–H and O–H groups in total. The predicted octanol–water partition coefficient (Wildman–Crippen LogP) is 10.7. The maximum absolute atomic E-state index is 12.4. The zero-order chi connectivity index (χ0) is 33.1. The van der Waals surface area contributed by atoms with Gasteiger partial charge in [0.15, 0.2) is 0 Å². The van der Waals surface area contributed by atoms with Crippen LogP contribution in [0.1, 0.15) is 200 Å². The number of hydrogen-bond acceptors (Lipinski definition) is 4. The first kappa shape index (κ1) is 43.8. The number of nitrogens with one attached hydrogen (secondary N) is 1. The Labute approximate surface area is 280 Å². The van der Waals surface area contributed by atoms with Crippen LogP contribution in [0.2, 0.25) is 0 Å². The Balaban J connectivity index is 3.74. The van der Waals surface area contributed by atoms with E-state index in [-0.39, 0.29) is 6.61 Å². The minimum absolute atomic E-state index is 0.366. The first-order chi connectivity index (χ1) is 22.1. The lowest BCUT2D eigenvalue weighted by Gasteiger charge is -2.21. The summed E-state index contributed by atoms with van der Waals surface area (Å²) in [6.45, 7) is 4.17. The molecule has 0 aliphatic rings. The van der Waals surface area contributed by atoms with Gasteiger partial charge in [0.25, 0.3) is 0 Å². The monoisotopic (exact) mass is 636 g/mol. The highest BCUT2D eigenvalue weighted by Gasteiger charge is 2.22. The molecule has 0 aromatic carbocycles. The fourth-order valence-electron chi connectivity index (χ4n) is 5.88. The molecule has 5 nitrogen and oxygen atoms in total. The lowest BCUT2D eigenvalue weighted by atomic mass is 10.0. The van der Waals surface area contributed by atoms with Crippen molar-refractivity contribution in [3.63, 3.8) is 0 Å². The lowest BCUT2D eigenvalue weighted by molar-refractivity contribution is -0.131. The van der Waals surface area contributed by atoms with Crippen molar-refractivity contribution in [1.29, 1.82) is 0 Å². The molecule has 0 spiro atoms. The van der Waals surface area contributed by atoms with Crippen LogP contribution in [-0.2, 0) is 4.79 Å². The van der Waals surface area contributed by atoms with E-state index in [1.807, 2.05) is 6.08 Å². The largest absolute Gasteiger partial charge is 0.394 e. The van der Waals surface area contributed by atoms with E-state index in [1.165, 1.54) is 135 Å². The summed E-state index contributed by atoms with van der Waals surface area (Å²) in [5.41, 5.74) is 0. The summed E-state index contributed by atoms with van der Waals surface area (Å²) < 4.78 is 0. The summed E-state index contributed by atoms with van der Waals surface area (Å²) in [5, 5.41) is 33.0. The highest BCUT2D eigenvalue weighted by molar-refractivity contribution is 5.80. The second kappa shape index (κ2) is 35.7. The average molecular weight is 636 g/mol. The van der Waals surface area contributed by atoms with Gasteiger partial charge in [0, 0.05) is 0 Å². The van der Waals surface area contributed by atoms with Crippen molar-refractivity contribution in [1.82, 2.24) is 5.32 Å². The minimum atomic E-state index is -1.10. The third-order valence-corrected chi connectivity index (χ3v) is 9.04. The molecule has 0 aliphatic carbocycles. The molecule has 5 heteroatoms. The number of allylic oxidation sites excluding steroid dienone is 3. The highest BCUT2D eigenvalue weighted by atomic mass is 16.3. The summed E-state index contributed by atoms with van der Waals surface area (Å²) in [6.07, 6.45) is 41.9. The van der Waals surface area contributed by atoms with Crippen LogP contribution in [0.25, 0.3) is 0 Å². The highest BCUT2D eigenvalue weighted by Crippen LogP contribution is 2.14. The van der Waals surface area contributed by atoms with Crippen LogP contribution in [0.5, 0.6) is 0 Å². The van der Waals surface area contributed by atoms with Crippen LogP contribution in [0.4, 0.5) is 0 Å². The van der Waals surface area contributed by atoms with Gasteiger partial charge < -0.3 is 20.6 Å². The Hall–Kier alpha value is -1.17. The van der Waals surface area contributed by atoms with Gasteiger partial charge in [0.05, 0.1) is 18.8 Å². The van der Waals surface area contributed by atoms with Gasteiger partial charge >= 0.3 is 0 Å². The summed E-state index contributed by atoms with van der Waals surface area (Å²) in [7, 11) is 0. The van der Waals surface area contributed by atoms with Crippen LogP contribution in [0.3, 0.4) is 0 Å². The summed E-state index contributed by atoms with van der Waals surface area (Å²) in [5.74, 6) is -0.512. The Morgan fingerprint density at radius 1 is 0.533 bits per heavy atom. The Kier molecular flexibility index (Phi) is 34.8. The Morgan fingerprint density at radius 2 is 0.889 bits per heavy atom. The van der Waals surface area contributed by atoms with Crippen LogP contribution in [0, 0.1) is 0 Å². The van der Waals surface area contributed by atoms with Gasteiger partial charge in [-0.3, -0.25) is 4.79 Å². The van der Waals surface area contributed by atoms with Gasteiger partial charge in [-0.1, -0.05) is 179 Å². The molecule has 0 fully saturated rings. The summed E-state index contributed by atoms with van der Waals surface area (Å²) >= 11 is 0. The molecule has 3 atom stereocenters. The van der Waals surface area contributed by atoms with E-state index in [1.54, 1.807) is 6.08 Å². The van der Waals surface area contributed by atoms with E-state index >= 15 is 0 Å². The van der Waals surface area contributed by atoms with Crippen molar-refractivity contribution < 1.29 is 20.1 Å². The Bertz CT molecular complexity index is 665. The third kappa shape index (κ3) is 31.2. The number of aliphatic hydroxyl groups excluding tert-OH is 3. The number of carbonyl (C=O) groups excluding carboxylic acids is 1. The molecule has 0 aromatic heterocycles. The fourth-order valence-corrected chi connectivity index (χ4v) is 5.88. The van der Waals surface area contributed by atoms with Crippen LogP contribution in [-0.4, -0.2) is 46.1 Å². The number of unbranched alkanes of at least 4 members (excludes halogenated alkanes) is 25. The molecule has 0 aromatic rings. The predicted molar refractivity (Wildman–Crippen MR) is 195 cm³/mol. The quantitative estimate of drug-likeness (QED) is 0.0412. The fraction of sp³-hybridized carbons (Fsp3) is 0.875. The molecule has 0 saturated heterocycles. The molecular formula is C40H77NO4. The molecule has 1 amide bonds. The van der Waals surface area contributed by atoms with Crippen molar-refractivity contribution in [3.8, 4) is 0 Å². The standard InChI is InChI=1S/C40H77NO4/c1-3-5-7-9-11-13-15-17-19-20-21-23-25-27-29-31-33-35-39(44)40(45)41-37(36-42)38(43)34-32-30-28-26-24-22-18-16-14-12-10-8-6-4-2/h21,23,32,34,37-39,42-44H,3-20,22,24-31,33,35-36H2,1-2H3,(H,41,45)/b23-21-,34-32+. The lowest BCUT2D eigenvalue weighted by Crippen LogP contribution is -2.48. The van der Waals surface area contributed by atoms with E-state index in [0.717, 1.165) is 44.9 Å². The van der Waals surface area contributed by atoms with Crippen LogP contribution in [0.15, 0.2) is 24.3 Å². The maximum atomic E-state index is 12.4. The molecule has 45 heavy (non-hydrogen) atoms. The smallest absolute Gasteiger partial charge is 0.249 e. The van der Waals surface area contributed by atoms with Gasteiger partial charge in [-0.25, -0.2) is 0 Å². The summed E-state index contributed by atoms with van der Waals surface area (Å²) in [4.78, 5) is 12.4. The molecule has 266 valence electrons. The van der Waals surface area contributed by atoms with E-state index < -0.39 is 24.2 Å². The Morgan fingerprint density at radius 3 is 1.29 bits per heavy atom. The van der Waals surface area contributed by atoms with Crippen molar-refractivity contribution in [2.45, 2.75) is 218 Å². The molecule has 0 saturated carbocycles. The first-order valence-electron chi connectivity index (χ1n) is 19.7. The number of rotatable bonds is 35. The second-order valence-electron chi connectivity index (χ2n) is 13.5. The van der Waals surface area contributed by atoms with Gasteiger partial charge in [0.1, 0.15) is 6.10 Å². The zero-order valence-corrected chi connectivity index (χ0v) is 30.0. The SMILES string of the molecule is CCCCCCCCCCC/C=C\CCCCCCC(O)C(=O)NC(CO)C(O)/C=C/CCCCCCCCCCCCCC. The molecular weight excluding hydrogens is 558 g/mol. The third-order valence-electron chi connectivity index (χ3n) is 9.04. The first-order valence-corrected chi connectivity index (χ1v) is 19.7. The number of aliphatic hydroxyl groups is 3. The molecule has 0 radical (unpaired) electrons. The van der Waals surface area contributed by atoms with Gasteiger partial charge in [0.2, 0.25) is 5.91 Å². The average Bonchev–Trinajstić information content (AvgIpc) is 3.04. The van der Waals surface area contributed by atoms with Crippen molar-refractivity contribution >= 4 is 5.91 Å². The van der Waals surface area contributed by atoms with Crippen molar-refractivity contribution in [2.24, 2.45) is 0 Å². The number of hydrogen-bond donors (Lipinski definition) is 4.